The molecule has 0 saturated heterocycles. The molecule has 0 fully saturated rings. The third kappa shape index (κ3) is 5.39. The van der Waals surface area contributed by atoms with E-state index in [0.29, 0.717) is 17.1 Å². The van der Waals surface area contributed by atoms with Crippen molar-refractivity contribution < 1.29 is 9.90 Å². The Labute approximate surface area is 167 Å². The van der Waals surface area contributed by atoms with Crippen LogP contribution in [0.25, 0.3) is 10.6 Å². The van der Waals surface area contributed by atoms with E-state index in [0.717, 1.165) is 16.1 Å². The highest BCUT2D eigenvalue weighted by Gasteiger charge is 2.16. The van der Waals surface area contributed by atoms with Gasteiger partial charge in [0.05, 0.1) is 23.2 Å². The van der Waals surface area contributed by atoms with Gasteiger partial charge >= 0.3 is 0 Å². The van der Waals surface area contributed by atoms with E-state index in [1.165, 1.54) is 11.3 Å². The van der Waals surface area contributed by atoms with Gasteiger partial charge in [0.25, 0.3) is 0 Å². The van der Waals surface area contributed by atoms with Crippen LogP contribution in [0.1, 0.15) is 30.7 Å². The van der Waals surface area contributed by atoms with Gasteiger partial charge in [0.1, 0.15) is 5.01 Å². The van der Waals surface area contributed by atoms with Crippen molar-refractivity contribution in [2.24, 2.45) is 0 Å². The highest BCUT2D eigenvalue weighted by molar-refractivity contribution is 7.13. The topological polar surface area (TPSA) is 62.2 Å². The number of aliphatic hydroxyl groups excluding tert-OH is 1. The number of nitrogens with zero attached hydrogens (tertiary/aromatic N) is 1. The molecule has 0 saturated carbocycles. The normalized spacial score (nSPS) is 13.1. The minimum absolute atomic E-state index is 0.112. The number of aromatic nitrogens is 1. The van der Waals surface area contributed by atoms with Crippen molar-refractivity contribution in [3.8, 4) is 10.6 Å². The van der Waals surface area contributed by atoms with Crippen LogP contribution in [0.3, 0.4) is 0 Å². The third-order valence-electron chi connectivity index (χ3n) is 4.17. The molecule has 0 aliphatic heterocycles. The number of carbonyl (C=O) groups is 1. The van der Waals surface area contributed by atoms with E-state index in [-0.39, 0.29) is 18.4 Å². The van der Waals surface area contributed by atoms with E-state index in [4.69, 9.17) is 11.6 Å². The molecule has 0 aliphatic rings. The molecule has 2 atom stereocenters. The highest BCUT2D eigenvalue weighted by Crippen LogP contribution is 2.30. The van der Waals surface area contributed by atoms with Crippen LogP contribution in [0, 0.1) is 0 Å². The number of carbonyl (C=O) groups excluding carboxylic acids is 1. The summed E-state index contributed by atoms with van der Waals surface area (Å²) in [5, 5.41) is 16.5. The molecule has 0 radical (unpaired) electrons. The van der Waals surface area contributed by atoms with Crippen LogP contribution in [-0.4, -0.2) is 22.0 Å². The molecule has 6 heteroatoms. The van der Waals surface area contributed by atoms with Gasteiger partial charge in [-0.1, -0.05) is 60.1 Å². The zero-order chi connectivity index (χ0) is 19.2. The minimum atomic E-state index is -0.604. The number of amides is 1. The van der Waals surface area contributed by atoms with Crippen LogP contribution in [-0.2, 0) is 11.2 Å². The van der Waals surface area contributed by atoms with Crippen LogP contribution < -0.4 is 5.32 Å². The molecule has 3 aromatic rings. The van der Waals surface area contributed by atoms with Crippen molar-refractivity contribution in [2.45, 2.75) is 31.9 Å². The first-order valence-electron chi connectivity index (χ1n) is 8.74. The van der Waals surface area contributed by atoms with Gasteiger partial charge < -0.3 is 10.4 Å². The summed E-state index contributed by atoms with van der Waals surface area (Å²) >= 11 is 7.68. The molecule has 140 valence electrons. The van der Waals surface area contributed by atoms with Crippen molar-refractivity contribution in [3.63, 3.8) is 0 Å². The van der Waals surface area contributed by atoms with Crippen molar-refractivity contribution in [1.82, 2.24) is 10.3 Å². The van der Waals surface area contributed by atoms with Gasteiger partial charge in [0.2, 0.25) is 5.91 Å². The molecule has 0 bridgehead atoms. The molecule has 3 rings (SSSR count). The Bertz CT molecular complexity index is 898. The molecule has 0 spiro atoms. The van der Waals surface area contributed by atoms with Crippen LogP contribution in [0.4, 0.5) is 0 Å². The molecular formula is C21H21ClN2O2S. The zero-order valence-corrected chi connectivity index (χ0v) is 16.5. The zero-order valence-electron chi connectivity index (χ0n) is 14.9. The Balaban J connectivity index is 1.54. The Hall–Kier alpha value is -2.21. The molecule has 0 aliphatic carbocycles. The van der Waals surface area contributed by atoms with E-state index >= 15 is 0 Å². The molecule has 2 N–H and O–H groups in total. The SMILES string of the molecule is C[C@H](C[C@H](O)c1ccccc1)NC(=O)Cc1csc(-c2ccccc2Cl)n1. The first-order valence-corrected chi connectivity index (χ1v) is 10.0. The van der Waals surface area contributed by atoms with Gasteiger partial charge in [0, 0.05) is 17.0 Å². The van der Waals surface area contributed by atoms with Gasteiger partial charge in [-0.25, -0.2) is 4.98 Å². The third-order valence-corrected chi connectivity index (χ3v) is 5.42. The van der Waals surface area contributed by atoms with Crippen LogP contribution in [0.15, 0.2) is 60.0 Å². The smallest absolute Gasteiger partial charge is 0.226 e. The maximum absolute atomic E-state index is 12.3. The second kappa shape index (κ2) is 9.13. The standard InChI is InChI=1S/C21H21ClN2O2S/c1-14(11-19(25)15-7-3-2-4-8-15)23-20(26)12-16-13-27-21(24-16)17-9-5-6-10-18(17)22/h2-10,13-14,19,25H,11-12H2,1H3,(H,23,26)/t14-,19+/m1/s1. The first-order chi connectivity index (χ1) is 13.0. The summed E-state index contributed by atoms with van der Waals surface area (Å²) in [4.78, 5) is 16.8. The number of thiazole rings is 1. The fraction of sp³-hybridized carbons (Fsp3) is 0.238. The second-order valence-electron chi connectivity index (χ2n) is 6.43. The number of hydrogen-bond acceptors (Lipinski definition) is 4. The van der Waals surface area contributed by atoms with Crippen molar-refractivity contribution in [2.75, 3.05) is 0 Å². The summed E-state index contributed by atoms with van der Waals surface area (Å²) in [5.41, 5.74) is 2.43. The van der Waals surface area contributed by atoms with Gasteiger partial charge in [-0.05, 0) is 25.0 Å². The lowest BCUT2D eigenvalue weighted by molar-refractivity contribution is -0.121. The molecule has 0 unspecified atom stereocenters. The van der Waals surface area contributed by atoms with Gasteiger partial charge in [-0.15, -0.1) is 11.3 Å². The number of rotatable bonds is 7. The van der Waals surface area contributed by atoms with Gasteiger partial charge in [-0.2, -0.15) is 0 Å². The van der Waals surface area contributed by atoms with Crippen molar-refractivity contribution in [3.05, 3.63) is 76.3 Å². The van der Waals surface area contributed by atoms with E-state index in [1.807, 2.05) is 66.9 Å². The predicted octanol–water partition coefficient (Wildman–Crippen LogP) is 4.63. The number of hydrogen-bond donors (Lipinski definition) is 2. The van der Waals surface area contributed by atoms with E-state index < -0.39 is 6.10 Å². The highest BCUT2D eigenvalue weighted by atomic mass is 35.5. The Morgan fingerprint density at radius 2 is 1.89 bits per heavy atom. The second-order valence-corrected chi connectivity index (χ2v) is 7.70. The maximum atomic E-state index is 12.3. The lowest BCUT2D eigenvalue weighted by atomic mass is 10.0. The Morgan fingerprint density at radius 3 is 2.63 bits per heavy atom. The molecule has 1 aromatic heterocycles. The quantitative estimate of drug-likeness (QED) is 0.607. The number of aliphatic hydroxyl groups is 1. The number of benzene rings is 2. The minimum Gasteiger partial charge on any atom is -0.388 e. The summed E-state index contributed by atoms with van der Waals surface area (Å²) in [6, 6.07) is 16.8. The van der Waals surface area contributed by atoms with E-state index in [9.17, 15) is 9.90 Å². The first kappa shape index (κ1) is 19.5. The summed E-state index contributed by atoms with van der Waals surface area (Å²) in [5.74, 6) is -0.112. The van der Waals surface area contributed by atoms with E-state index in [2.05, 4.69) is 10.3 Å². The average molecular weight is 401 g/mol. The predicted molar refractivity (Wildman–Crippen MR) is 110 cm³/mol. The average Bonchev–Trinajstić information content (AvgIpc) is 3.10. The van der Waals surface area contributed by atoms with Crippen LogP contribution >= 0.6 is 22.9 Å². The fourth-order valence-corrected chi connectivity index (χ4v) is 3.98. The summed E-state index contributed by atoms with van der Waals surface area (Å²) in [6.07, 6.45) is 0.0531. The largest absolute Gasteiger partial charge is 0.388 e. The van der Waals surface area contributed by atoms with Crippen molar-refractivity contribution >= 4 is 28.8 Å². The molecule has 1 amide bonds. The maximum Gasteiger partial charge on any atom is 0.226 e. The van der Waals surface area contributed by atoms with E-state index in [1.54, 1.807) is 0 Å². The number of halogens is 1. The molecule has 2 aromatic carbocycles. The molecule has 27 heavy (non-hydrogen) atoms. The summed E-state index contributed by atoms with van der Waals surface area (Å²) in [6.45, 7) is 1.89. The fourth-order valence-electron chi connectivity index (χ4n) is 2.84. The Kier molecular flexibility index (Phi) is 6.61. The van der Waals surface area contributed by atoms with Crippen LogP contribution in [0.2, 0.25) is 5.02 Å². The molecule has 1 heterocycles. The summed E-state index contributed by atoms with van der Waals surface area (Å²) < 4.78 is 0. The monoisotopic (exact) mass is 400 g/mol. The lowest BCUT2D eigenvalue weighted by Gasteiger charge is -2.18. The van der Waals surface area contributed by atoms with Crippen LogP contribution in [0.5, 0.6) is 0 Å². The Morgan fingerprint density at radius 1 is 1.19 bits per heavy atom. The van der Waals surface area contributed by atoms with Crippen molar-refractivity contribution in [1.29, 1.82) is 0 Å². The van der Waals surface area contributed by atoms with Gasteiger partial charge in [0.15, 0.2) is 0 Å². The molecule has 4 nitrogen and oxygen atoms in total. The summed E-state index contributed by atoms with van der Waals surface area (Å²) in [7, 11) is 0. The lowest BCUT2D eigenvalue weighted by Crippen LogP contribution is -2.34. The van der Waals surface area contributed by atoms with Gasteiger partial charge in [-0.3, -0.25) is 4.79 Å². The number of nitrogens with one attached hydrogen (secondary N) is 1. The molecular weight excluding hydrogens is 380 g/mol.